The molecule has 0 aliphatic carbocycles. The molecule has 1 atom stereocenters. The Labute approximate surface area is 132 Å². The van der Waals surface area contributed by atoms with Crippen molar-refractivity contribution >= 4 is 40.8 Å². The molecule has 1 aliphatic heterocycles. The molecule has 0 bridgehead atoms. The number of halogens is 2. The molecule has 1 heterocycles. The number of hydrogen-bond donors (Lipinski definition) is 2. The SMILES string of the molecule is O=C(CN1CCCC(C(=O)O)C1)Nc1cccc(Cl)c1Cl. The minimum absolute atomic E-state index is 0.145. The number of rotatable bonds is 4. The van der Waals surface area contributed by atoms with E-state index in [4.69, 9.17) is 28.3 Å². The zero-order valence-corrected chi connectivity index (χ0v) is 12.8. The number of anilines is 1. The Morgan fingerprint density at radius 1 is 1.38 bits per heavy atom. The normalized spacial score (nSPS) is 19.2. The molecule has 1 amide bonds. The minimum atomic E-state index is -0.807. The highest BCUT2D eigenvalue weighted by Gasteiger charge is 2.26. The lowest BCUT2D eigenvalue weighted by molar-refractivity contribution is -0.144. The van der Waals surface area contributed by atoms with Crippen LogP contribution in [-0.2, 0) is 9.59 Å². The molecule has 1 aromatic carbocycles. The number of likely N-dealkylation sites (tertiary alicyclic amines) is 1. The number of aliphatic carboxylic acids is 1. The highest BCUT2D eigenvalue weighted by atomic mass is 35.5. The Bertz CT molecular complexity index is 551. The average Bonchev–Trinajstić information content (AvgIpc) is 2.44. The molecule has 1 saturated heterocycles. The largest absolute Gasteiger partial charge is 0.481 e. The van der Waals surface area contributed by atoms with Crippen LogP contribution in [-0.4, -0.2) is 41.5 Å². The van der Waals surface area contributed by atoms with Crippen molar-refractivity contribution in [2.75, 3.05) is 25.0 Å². The maximum absolute atomic E-state index is 12.0. The second kappa shape index (κ2) is 7.11. The summed E-state index contributed by atoms with van der Waals surface area (Å²) in [6.07, 6.45) is 1.44. The van der Waals surface area contributed by atoms with Crippen molar-refractivity contribution in [1.82, 2.24) is 4.90 Å². The first-order chi connectivity index (χ1) is 9.97. The van der Waals surface area contributed by atoms with Gasteiger partial charge < -0.3 is 10.4 Å². The van der Waals surface area contributed by atoms with Gasteiger partial charge in [-0.3, -0.25) is 14.5 Å². The molecule has 0 radical (unpaired) electrons. The number of carbonyl (C=O) groups is 2. The van der Waals surface area contributed by atoms with E-state index < -0.39 is 11.9 Å². The monoisotopic (exact) mass is 330 g/mol. The van der Waals surface area contributed by atoms with Crippen molar-refractivity contribution in [1.29, 1.82) is 0 Å². The van der Waals surface area contributed by atoms with E-state index in [1.165, 1.54) is 0 Å². The van der Waals surface area contributed by atoms with Crippen LogP contribution in [0.15, 0.2) is 18.2 Å². The maximum Gasteiger partial charge on any atom is 0.307 e. The smallest absolute Gasteiger partial charge is 0.307 e. The van der Waals surface area contributed by atoms with Crippen LogP contribution in [0.4, 0.5) is 5.69 Å². The fourth-order valence-corrected chi connectivity index (χ4v) is 2.74. The Morgan fingerprint density at radius 2 is 2.14 bits per heavy atom. The number of amides is 1. The van der Waals surface area contributed by atoms with Crippen LogP contribution in [0, 0.1) is 5.92 Å². The van der Waals surface area contributed by atoms with Crippen LogP contribution < -0.4 is 5.32 Å². The molecular weight excluding hydrogens is 315 g/mol. The van der Waals surface area contributed by atoms with Crippen LogP contribution in [0.2, 0.25) is 10.0 Å². The fourth-order valence-electron chi connectivity index (χ4n) is 2.39. The van der Waals surface area contributed by atoms with Gasteiger partial charge in [0.05, 0.1) is 28.2 Å². The van der Waals surface area contributed by atoms with E-state index in [9.17, 15) is 9.59 Å². The summed E-state index contributed by atoms with van der Waals surface area (Å²) in [6, 6.07) is 5.01. The Hall–Kier alpha value is -1.30. The van der Waals surface area contributed by atoms with Gasteiger partial charge in [0.25, 0.3) is 0 Å². The molecule has 7 heteroatoms. The van der Waals surface area contributed by atoms with Crippen molar-refractivity contribution in [3.63, 3.8) is 0 Å². The number of benzene rings is 1. The molecule has 1 aliphatic rings. The summed E-state index contributed by atoms with van der Waals surface area (Å²) < 4.78 is 0. The van der Waals surface area contributed by atoms with Gasteiger partial charge in [0.1, 0.15) is 0 Å². The molecular formula is C14H16Cl2N2O3. The molecule has 0 spiro atoms. The lowest BCUT2D eigenvalue weighted by Gasteiger charge is -2.29. The minimum Gasteiger partial charge on any atom is -0.481 e. The number of nitrogens with zero attached hydrogens (tertiary/aromatic N) is 1. The summed E-state index contributed by atoms with van der Waals surface area (Å²) in [5.74, 6) is -1.44. The molecule has 0 aromatic heterocycles. The first-order valence-electron chi connectivity index (χ1n) is 6.66. The van der Waals surface area contributed by atoms with E-state index in [-0.39, 0.29) is 12.5 Å². The Morgan fingerprint density at radius 3 is 2.86 bits per heavy atom. The molecule has 21 heavy (non-hydrogen) atoms. The van der Waals surface area contributed by atoms with E-state index in [2.05, 4.69) is 5.32 Å². The van der Waals surface area contributed by atoms with Gasteiger partial charge in [-0.1, -0.05) is 29.3 Å². The van der Waals surface area contributed by atoms with E-state index in [1.807, 2.05) is 4.90 Å². The van der Waals surface area contributed by atoms with Crippen molar-refractivity contribution in [3.8, 4) is 0 Å². The number of carboxylic acids is 1. The van der Waals surface area contributed by atoms with Gasteiger partial charge in [-0.2, -0.15) is 0 Å². The molecule has 1 unspecified atom stereocenters. The lowest BCUT2D eigenvalue weighted by Crippen LogP contribution is -2.42. The van der Waals surface area contributed by atoms with Crippen molar-refractivity contribution in [3.05, 3.63) is 28.2 Å². The highest BCUT2D eigenvalue weighted by Crippen LogP contribution is 2.29. The molecule has 5 nitrogen and oxygen atoms in total. The van der Waals surface area contributed by atoms with Crippen molar-refractivity contribution < 1.29 is 14.7 Å². The van der Waals surface area contributed by atoms with Gasteiger partial charge in [-0.15, -0.1) is 0 Å². The molecule has 1 aromatic rings. The third-order valence-corrected chi connectivity index (χ3v) is 4.27. The third-order valence-electron chi connectivity index (χ3n) is 3.45. The van der Waals surface area contributed by atoms with Crippen LogP contribution >= 0.6 is 23.2 Å². The van der Waals surface area contributed by atoms with Gasteiger partial charge in [-0.05, 0) is 31.5 Å². The van der Waals surface area contributed by atoms with Gasteiger partial charge in [-0.25, -0.2) is 0 Å². The number of nitrogens with one attached hydrogen (secondary N) is 1. The average molecular weight is 331 g/mol. The first-order valence-corrected chi connectivity index (χ1v) is 7.42. The summed E-state index contributed by atoms with van der Waals surface area (Å²) in [4.78, 5) is 24.9. The van der Waals surface area contributed by atoms with Crippen LogP contribution in [0.3, 0.4) is 0 Å². The molecule has 114 valence electrons. The van der Waals surface area contributed by atoms with Crippen LogP contribution in [0.5, 0.6) is 0 Å². The quantitative estimate of drug-likeness (QED) is 0.890. The highest BCUT2D eigenvalue weighted by molar-refractivity contribution is 6.43. The number of piperidine rings is 1. The Balaban J connectivity index is 1.92. The van der Waals surface area contributed by atoms with E-state index in [0.29, 0.717) is 28.7 Å². The van der Waals surface area contributed by atoms with E-state index in [1.54, 1.807) is 18.2 Å². The molecule has 1 fully saturated rings. The van der Waals surface area contributed by atoms with Crippen molar-refractivity contribution in [2.24, 2.45) is 5.92 Å². The van der Waals surface area contributed by atoms with E-state index >= 15 is 0 Å². The summed E-state index contributed by atoms with van der Waals surface area (Å²) in [5.41, 5.74) is 0.459. The summed E-state index contributed by atoms with van der Waals surface area (Å²) in [6.45, 7) is 1.26. The van der Waals surface area contributed by atoms with Crippen LogP contribution in [0.1, 0.15) is 12.8 Å². The third kappa shape index (κ3) is 4.33. The first kappa shape index (κ1) is 16.1. The lowest BCUT2D eigenvalue weighted by atomic mass is 9.98. The fraction of sp³-hybridized carbons (Fsp3) is 0.429. The zero-order valence-electron chi connectivity index (χ0n) is 11.3. The standard InChI is InChI=1S/C14H16Cl2N2O3/c15-10-4-1-5-11(13(10)16)17-12(19)8-18-6-2-3-9(7-18)14(20)21/h1,4-5,9H,2-3,6-8H2,(H,17,19)(H,20,21). The number of carboxylic acid groups (broad SMARTS) is 1. The van der Waals surface area contributed by atoms with Gasteiger partial charge >= 0.3 is 5.97 Å². The molecule has 0 saturated carbocycles. The Kier molecular flexibility index (Phi) is 5.45. The van der Waals surface area contributed by atoms with Gasteiger partial charge in [0.2, 0.25) is 5.91 Å². The summed E-state index contributed by atoms with van der Waals surface area (Å²) in [7, 11) is 0. The second-order valence-electron chi connectivity index (χ2n) is 5.06. The predicted molar refractivity (Wildman–Crippen MR) is 81.9 cm³/mol. The van der Waals surface area contributed by atoms with Gasteiger partial charge in [0.15, 0.2) is 0 Å². The second-order valence-corrected chi connectivity index (χ2v) is 5.85. The number of hydrogen-bond acceptors (Lipinski definition) is 3. The zero-order chi connectivity index (χ0) is 15.4. The summed E-state index contributed by atoms with van der Waals surface area (Å²) in [5, 5.41) is 12.4. The maximum atomic E-state index is 12.0. The van der Waals surface area contributed by atoms with Crippen molar-refractivity contribution in [2.45, 2.75) is 12.8 Å². The number of carbonyl (C=O) groups excluding carboxylic acids is 1. The predicted octanol–water partition coefficient (Wildman–Crippen LogP) is 2.73. The van der Waals surface area contributed by atoms with E-state index in [0.717, 1.165) is 13.0 Å². The topological polar surface area (TPSA) is 69.6 Å². The van der Waals surface area contributed by atoms with Crippen LogP contribution in [0.25, 0.3) is 0 Å². The molecule has 2 rings (SSSR count). The summed E-state index contributed by atoms with van der Waals surface area (Å²) >= 11 is 11.9. The molecule has 2 N–H and O–H groups in total. The van der Waals surface area contributed by atoms with Gasteiger partial charge in [0, 0.05) is 6.54 Å².